The third-order valence-corrected chi connectivity index (χ3v) is 4.45. The fourth-order valence-electron chi connectivity index (χ4n) is 1.73. The van der Waals surface area contributed by atoms with Gasteiger partial charge >= 0.3 is 0 Å². The summed E-state index contributed by atoms with van der Waals surface area (Å²) in [6.45, 7) is 7.23. The van der Waals surface area contributed by atoms with Gasteiger partial charge in [-0.3, -0.25) is 9.59 Å². The predicted octanol–water partition coefficient (Wildman–Crippen LogP) is 1.08. The molecule has 0 saturated heterocycles. The summed E-state index contributed by atoms with van der Waals surface area (Å²) < 4.78 is 26.8. The molecule has 7 nitrogen and oxygen atoms in total. The van der Waals surface area contributed by atoms with Crippen LogP contribution in [-0.4, -0.2) is 32.8 Å². The van der Waals surface area contributed by atoms with Crippen LogP contribution in [0.15, 0.2) is 29.2 Å². The van der Waals surface area contributed by atoms with Gasteiger partial charge in [0.05, 0.1) is 10.9 Å². The molecule has 0 spiro atoms. The second kappa shape index (κ2) is 8.07. The molecular formula is C15H23N3O4S. The number of hydrogen-bond donors (Lipinski definition) is 3. The van der Waals surface area contributed by atoms with Gasteiger partial charge in [-0.05, 0) is 37.1 Å². The van der Waals surface area contributed by atoms with Gasteiger partial charge in [-0.15, -0.1) is 0 Å². The van der Waals surface area contributed by atoms with E-state index in [1.54, 1.807) is 0 Å². The van der Waals surface area contributed by atoms with Gasteiger partial charge in [-0.25, -0.2) is 8.42 Å². The molecule has 0 aliphatic rings. The normalized spacial score (nSPS) is 12.7. The van der Waals surface area contributed by atoms with E-state index >= 15 is 0 Å². The summed E-state index contributed by atoms with van der Waals surface area (Å²) in [4.78, 5) is 22.8. The minimum Gasteiger partial charge on any atom is -0.354 e. The number of amides is 2. The van der Waals surface area contributed by atoms with Gasteiger partial charge in [-0.2, -0.15) is 4.72 Å². The molecule has 1 unspecified atom stereocenters. The van der Waals surface area contributed by atoms with Crippen molar-refractivity contribution in [3.63, 3.8) is 0 Å². The number of carbonyl (C=O) groups is 2. The summed E-state index contributed by atoms with van der Waals surface area (Å²) in [5.74, 6) is -0.338. The Labute approximate surface area is 136 Å². The highest BCUT2D eigenvalue weighted by atomic mass is 32.2. The van der Waals surface area contributed by atoms with E-state index in [0.717, 1.165) is 0 Å². The van der Waals surface area contributed by atoms with Gasteiger partial charge in [-0.1, -0.05) is 13.8 Å². The number of carbonyl (C=O) groups excluding carboxylic acids is 2. The maximum atomic E-state index is 12.2. The van der Waals surface area contributed by atoms with E-state index in [-0.39, 0.29) is 22.6 Å². The molecule has 1 rings (SSSR count). The van der Waals surface area contributed by atoms with Crippen molar-refractivity contribution in [2.75, 3.05) is 11.9 Å². The first-order valence-corrected chi connectivity index (χ1v) is 8.78. The summed E-state index contributed by atoms with van der Waals surface area (Å²) in [6, 6.07) is 4.83. The van der Waals surface area contributed by atoms with Crippen molar-refractivity contribution in [1.29, 1.82) is 0 Å². The third-order valence-electron chi connectivity index (χ3n) is 2.89. The van der Waals surface area contributed by atoms with Crippen LogP contribution < -0.4 is 15.4 Å². The smallest absolute Gasteiger partial charge is 0.241 e. The van der Waals surface area contributed by atoms with Gasteiger partial charge in [0.2, 0.25) is 21.8 Å². The van der Waals surface area contributed by atoms with Crippen molar-refractivity contribution in [1.82, 2.24) is 10.0 Å². The molecule has 0 fully saturated rings. The van der Waals surface area contributed by atoms with Gasteiger partial charge in [0.25, 0.3) is 0 Å². The summed E-state index contributed by atoms with van der Waals surface area (Å²) in [5, 5.41) is 5.22. The molecule has 0 radical (unpaired) electrons. The van der Waals surface area contributed by atoms with E-state index in [1.807, 2.05) is 13.8 Å². The van der Waals surface area contributed by atoms with Crippen LogP contribution in [0.4, 0.5) is 5.69 Å². The van der Waals surface area contributed by atoms with Crippen molar-refractivity contribution in [2.45, 2.75) is 38.6 Å². The molecule has 0 aromatic heterocycles. The minimum atomic E-state index is -3.81. The summed E-state index contributed by atoms with van der Waals surface area (Å²) in [6.07, 6.45) is 0. The molecule has 1 atom stereocenters. The highest BCUT2D eigenvalue weighted by Gasteiger charge is 2.21. The van der Waals surface area contributed by atoms with Crippen LogP contribution in [0.3, 0.4) is 0 Å². The molecule has 0 aliphatic heterocycles. The van der Waals surface area contributed by atoms with E-state index in [2.05, 4.69) is 15.4 Å². The largest absolute Gasteiger partial charge is 0.354 e. The van der Waals surface area contributed by atoms with Crippen LogP contribution in [0.2, 0.25) is 0 Å². The molecule has 0 aliphatic carbocycles. The molecule has 2 amide bonds. The number of rotatable bonds is 7. The Balaban J connectivity index is 2.74. The lowest BCUT2D eigenvalue weighted by atomic mass is 10.2. The van der Waals surface area contributed by atoms with E-state index in [4.69, 9.17) is 0 Å². The molecule has 1 aromatic rings. The van der Waals surface area contributed by atoms with Crippen molar-refractivity contribution in [3.8, 4) is 0 Å². The number of nitrogens with one attached hydrogen (secondary N) is 3. The Hall–Kier alpha value is -1.93. The van der Waals surface area contributed by atoms with E-state index < -0.39 is 16.1 Å². The molecule has 0 saturated carbocycles. The Morgan fingerprint density at radius 2 is 1.65 bits per heavy atom. The summed E-state index contributed by atoms with van der Waals surface area (Å²) >= 11 is 0. The van der Waals surface area contributed by atoms with Gasteiger partial charge in [0.1, 0.15) is 0 Å². The SMILES string of the molecule is CC(=O)Nc1ccc(S(=O)(=O)NC(C)C(=O)NCC(C)C)cc1. The van der Waals surface area contributed by atoms with Crippen molar-refractivity contribution < 1.29 is 18.0 Å². The molecule has 23 heavy (non-hydrogen) atoms. The fraction of sp³-hybridized carbons (Fsp3) is 0.467. The van der Waals surface area contributed by atoms with Crippen LogP contribution in [0.1, 0.15) is 27.7 Å². The zero-order valence-corrected chi connectivity index (χ0v) is 14.5. The van der Waals surface area contributed by atoms with Gasteiger partial charge < -0.3 is 10.6 Å². The highest BCUT2D eigenvalue weighted by molar-refractivity contribution is 7.89. The second-order valence-electron chi connectivity index (χ2n) is 5.69. The number of hydrogen-bond acceptors (Lipinski definition) is 4. The first-order valence-electron chi connectivity index (χ1n) is 7.29. The quantitative estimate of drug-likeness (QED) is 0.690. The monoisotopic (exact) mass is 341 g/mol. The zero-order valence-electron chi connectivity index (χ0n) is 13.7. The number of benzene rings is 1. The second-order valence-corrected chi connectivity index (χ2v) is 7.40. The molecule has 128 valence electrons. The van der Waals surface area contributed by atoms with E-state index in [0.29, 0.717) is 12.2 Å². The maximum Gasteiger partial charge on any atom is 0.241 e. The van der Waals surface area contributed by atoms with Crippen LogP contribution in [0, 0.1) is 5.92 Å². The topological polar surface area (TPSA) is 104 Å². The summed E-state index contributed by atoms with van der Waals surface area (Å²) in [7, 11) is -3.81. The number of sulfonamides is 1. The minimum absolute atomic E-state index is 0.0233. The Morgan fingerprint density at radius 1 is 1.09 bits per heavy atom. The van der Waals surface area contributed by atoms with Gasteiger partial charge in [0, 0.05) is 19.2 Å². The van der Waals surface area contributed by atoms with E-state index in [1.165, 1.54) is 38.1 Å². The average Bonchev–Trinajstić information content (AvgIpc) is 2.44. The molecule has 3 N–H and O–H groups in total. The number of anilines is 1. The molecule has 0 heterocycles. The van der Waals surface area contributed by atoms with Crippen LogP contribution in [-0.2, 0) is 19.6 Å². The first-order chi connectivity index (χ1) is 10.6. The maximum absolute atomic E-state index is 12.2. The van der Waals surface area contributed by atoms with Gasteiger partial charge in [0.15, 0.2) is 0 Å². The molecule has 1 aromatic carbocycles. The van der Waals surface area contributed by atoms with Crippen LogP contribution in [0.25, 0.3) is 0 Å². The highest BCUT2D eigenvalue weighted by Crippen LogP contribution is 2.14. The zero-order chi connectivity index (χ0) is 17.6. The molecular weight excluding hydrogens is 318 g/mol. The van der Waals surface area contributed by atoms with Crippen molar-refractivity contribution >= 4 is 27.5 Å². The lowest BCUT2D eigenvalue weighted by Gasteiger charge is -2.15. The van der Waals surface area contributed by atoms with Crippen molar-refractivity contribution in [2.24, 2.45) is 5.92 Å². The first kappa shape index (κ1) is 19.1. The average molecular weight is 341 g/mol. The van der Waals surface area contributed by atoms with E-state index in [9.17, 15) is 18.0 Å². The standard InChI is InChI=1S/C15H23N3O4S/c1-10(2)9-16-15(20)11(3)18-23(21,22)14-7-5-13(6-8-14)17-12(4)19/h5-8,10-11,18H,9H2,1-4H3,(H,16,20)(H,17,19). The Kier molecular flexibility index (Phi) is 6.71. The van der Waals surface area contributed by atoms with Crippen LogP contribution >= 0.6 is 0 Å². The molecule has 0 bridgehead atoms. The summed E-state index contributed by atoms with van der Waals surface area (Å²) in [5.41, 5.74) is 0.499. The predicted molar refractivity (Wildman–Crippen MR) is 88.4 cm³/mol. The molecule has 8 heteroatoms. The van der Waals surface area contributed by atoms with Crippen LogP contribution in [0.5, 0.6) is 0 Å². The lowest BCUT2D eigenvalue weighted by molar-refractivity contribution is -0.122. The Bertz CT molecular complexity index is 654. The van der Waals surface area contributed by atoms with Crippen molar-refractivity contribution in [3.05, 3.63) is 24.3 Å². The fourth-order valence-corrected chi connectivity index (χ4v) is 2.94. The Morgan fingerprint density at radius 3 is 2.13 bits per heavy atom. The lowest BCUT2D eigenvalue weighted by Crippen LogP contribution is -2.45. The third kappa shape index (κ3) is 6.37.